The predicted molar refractivity (Wildman–Crippen MR) is 116 cm³/mol. The molecule has 1 atom stereocenters. The van der Waals surface area contributed by atoms with Crippen molar-refractivity contribution >= 4 is 38.1 Å². The maximum absolute atomic E-state index is 13.1. The fourth-order valence-corrected chi connectivity index (χ4v) is 4.32. The monoisotopic (exact) mass is 412 g/mol. The summed E-state index contributed by atoms with van der Waals surface area (Å²) in [6, 6.07) is 16.8. The third kappa shape index (κ3) is 4.51. The molecule has 0 aromatic heterocycles. The lowest BCUT2D eigenvalue weighted by Crippen LogP contribution is -2.19. The van der Waals surface area contributed by atoms with Gasteiger partial charge < -0.3 is 10.4 Å². The number of sulfonamides is 1. The minimum absolute atomic E-state index is 0.0351. The average molecular weight is 413 g/mol. The second-order valence-electron chi connectivity index (χ2n) is 7.01. The van der Waals surface area contributed by atoms with Gasteiger partial charge in [-0.05, 0) is 34.9 Å². The maximum Gasteiger partial charge on any atom is 0.338 e. The minimum Gasteiger partial charge on any atom is -0.478 e. The van der Waals surface area contributed by atoms with Crippen LogP contribution < -0.4 is 10.0 Å². The molecule has 0 aliphatic carbocycles. The van der Waals surface area contributed by atoms with Gasteiger partial charge >= 0.3 is 5.97 Å². The lowest BCUT2D eigenvalue weighted by atomic mass is 10.0. The number of rotatable bonds is 8. The molecule has 152 valence electrons. The van der Waals surface area contributed by atoms with E-state index in [9.17, 15) is 18.3 Å². The molecule has 7 heteroatoms. The lowest BCUT2D eigenvalue weighted by molar-refractivity contribution is 0.0700. The first kappa shape index (κ1) is 20.7. The summed E-state index contributed by atoms with van der Waals surface area (Å²) in [6.07, 6.45) is 0.971. The summed E-state index contributed by atoms with van der Waals surface area (Å²) in [6.45, 7) is 4.79. The van der Waals surface area contributed by atoms with Gasteiger partial charge in [-0.2, -0.15) is 0 Å². The van der Waals surface area contributed by atoms with Crippen LogP contribution >= 0.6 is 0 Å². The number of hydrogen-bond donors (Lipinski definition) is 3. The molecule has 3 aromatic rings. The van der Waals surface area contributed by atoms with Crippen molar-refractivity contribution in [3.63, 3.8) is 0 Å². The Kier molecular flexibility index (Phi) is 6.08. The van der Waals surface area contributed by atoms with Crippen molar-refractivity contribution in [2.75, 3.05) is 16.6 Å². The van der Waals surface area contributed by atoms with Crippen LogP contribution in [0.4, 0.5) is 11.4 Å². The largest absolute Gasteiger partial charge is 0.478 e. The molecular formula is C22H24N2O4S. The summed E-state index contributed by atoms with van der Waals surface area (Å²) in [7, 11) is -4.00. The highest BCUT2D eigenvalue weighted by atomic mass is 32.2. The zero-order valence-electron chi connectivity index (χ0n) is 16.3. The Hall–Kier alpha value is -3.06. The highest BCUT2D eigenvalue weighted by Gasteiger charge is 2.23. The lowest BCUT2D eigenvalue weighted by Gasteiger charge is -2.17. The number of hydrogen-bond acceptors (Lipinski definition) is 4. The van der Waals surface area contributed by atoms with Crippen molar-refractivity contribution in [3.8, 4) is 0 Å². The van der Waals surface area contributed by atoms with E-state index in [1.54, 1.807) is 48.5 Å². The van der Waals surface area contributed by atoms with Gasteiger partial charge in [0.05, 0.1) is 16.9 Å². The molecule has 6 nitrogen and oxygen atoms in total. The van der Waals surface area contributed by atoms with Crippen molar-refractivity contribution < 1.29 is 18.3 Å². The molecule has 0 radical (unpaired) electrons. The number of carboxylic acid groups (broad SMARTS) is 1. The maximum atomic E-state index is 13.1. The fraction of sp³-hybridized carbons (Fsp3) is 0.227. The van der Waals surface area contributed by atoms with E-state index in [0.29, 0.717) is 23.5 Å². The van der Waals surface area contributed by atoms with Crippen molar-refractivity contribution in [2.24, 2.45) is 5.92 Å². The van der Waals surface area contributed by atoms with Gasteiger partial charge in [0.15, 0.2) is 0 Å². The number of carbonyl (C=O) groups is 1. The van der Waals surface area contributed by atoms with E-state index in [2.05, 4.69) is 23.9 Å². The van der Waals surface area contributed by atoms with Gasteiger partial charge in [-0.15, -0.1) is 0 Å². The molecule has 29 heavy (non-hydrogen) atoms. The molecule has 0 heterocycles. The first-order valence-electron chi connectivity index (χ1n) is 9.44. The Morgan fingerprint density at radius 3 is 2.41 bits per heavy atom. The van der Waals surface area contributed by atoms with Gasteiger partial charge in [0.1, 0.15) is 4.90 Å². The summed E-state index contributed by atoms with van der Waals surface area (Å²) in [5.41, 5.74) is 0.447. The van der Waals surface area contributed by atoms with Crippen LogP contribution in [0.25, 0.3) is 10.8 Å². The number of para-hydroxylation sites is 1. The number of benzene rings is 3. The van der Waals surface area contributed by atoms with E-state index < -0.39 is 16.0 Å². The highest BCUT2D eigenvalue weighted by Crippen LogP contribution is 2.30. The predicted octanol–water partition coefficient (Wildman–Crippen LogP) is 4.80. The van der Waals surface area contributed by atoms with Gasteiger partial charge in [0.2, 0.25) is 0 Å². The SMILES string of the molecule is CCC(C)CNc1ccccc1S(=O)(=O)Nc1ccc2ccccc2c1C(=O)O. The molecular weight excluding hydrogens is 388 g/mol. The molecule has 0 spiro atoms. The molecule has 3 rings (SSSR count). The van der Waals surface area contributed by atoms with E-state index in [-0.39, 0.29) is 16.1 Å². The van der Waals surface area contributed by atoms with Gasteiger partial charge in [-0.3, -0.25) is 4.72 Å². The van der Waals surface area contributed by atoms with Gasteiger partial charge in [0, 0.05) is 6.54 Å². The minimum atomic E-state index is -4.00. The molecule has 3 N–H and O–H groups in total. The third-order valence-corrected chi connectivity index (χ3v) is 6.33. The Morgan fingerprint density at radius 2 is 1.69 bits per heavy atom. The number of carboxylic acids is 1. The summed E-state index contributed by atoms with van der Waals surface area (Å²) >= 11 is 0. The first-order chi connectivity index (χ1) is 13.8. The Labute approximate surface area is 170 Å². The Bertz CT molecular complexity index is 1140. The van der Waals surface area contributed by atoms with Crippen LogP contribution in [0.5, 0.6) is 0 Å². The summed E-state index contributed by atoms with van der Waals surface area (Å²) in [4.78, 5) is 12.0. The Balaban J connectivity index is 2.01. The highest BCUT2D eigenvalue weighted by molar-refractivity contribution is 7.92. The quantitative estimate of drug-likeness (QED) is 0.494. The molecule has 0 saturated heterocycles. The molecule has 0 aliphatic heterocycles. The average Bonchev–Trinajstić information content (AvgIpc) is 2.71. The van der Waals surface area contributed by atoms with Crippen LogP contribution in [0, 0.1) is 5.92 Å². The van der Waals surface area contributed by atoms with E-state index in [0.717, 1.165) is 11.8 Å². The van der Waals surface area contributed by atoms with E-state index in [4.69, 9.17) is 0 Å². The van der Waals surface area contributed by atoms with Crippen molar-refractivity contribution in [2.45, 2.75) is 25.2 Å². The zero-order valence-corrected chi connectivity index (χ0v) is 17.2. The number of nitrogens with one attached hydrogen (secondary N) is 2. The van der Waals surface area contributed by atoms with E-state index in [1.165, 1.54) is 12.1 Å². The molecule has 1 unspecified atom stereocenters. The second-order valence-corrected chi connectivity index (χ2v) is 8.66. The van der Waals surface area contributed by atoms with E-state index >= 15 is 0 Å². The topological polar surface area (TPSA) is 95.5 Å². The number of aromatic carboxylic acids is 1. The molecule has 0 bridgehead atoms. The number of anilines is 2. The van der Waals surface area contributed by atoms with Crippen molar-refractivity contribution in [1.29, 1.82) is 0 Å². The van der Waals surface area contributed by atoms with Crippen LogP contribution in [-0.4, -0.2) is 26.0 Å². The van der Waals surface area contributed by atoms with Crippen LogP contribution in [0.15, 0.2) is 65.6 Å². The molecule has 0 aliphatic rings. The normalized spacial score (nSPS) is 12.5. The fourth-order valence-electron chi connectivity index (χ4n) is 3.06. The zero-order chi connectivity index (χ0) is 21.0. The summed E-state index contributed by atoms with van der Waals surface area (Å²) in [5, 5.41) is 14.1. The standard InChI is InChI=1S/C22H24N2O4S/c1-3-15(2)14-23-18-10-6-7-11-20(18)29(27,28)24-19-13-12-16-8-4-5-9-17(16)21(19)22(25)26/h4-13,15,23-24H,3,14H2,1-2H3,(H,25,26). The van der Waals surface area contributed by atoms with Gasteiger partial charge in [-0.25, -0.2) is 13.2 Å². The van der Waals surface area contributed by atoms with Gasteiger partial charge in [-0.1, -0.05) is 62.7 Å². The number of fused-ring (bicyclic) bond motifs is 1. The van der Waals surface area contributed by atoms with Crippen LogP contribution in [0.1, 0.15) is 30.6 Å². The van der Waals surface area contributed by atoms with Crippen LogP contribution in [-0.2, 0) is 10.0 Å². The van der Waals surface area contributed by atoms with E-state index in [1.807, 2.05) is 0 Å². The first-order valence-corrected chi connectivity index (χ1v) is 10.9. The Morgan fingerprint density at radius 1 is 1.00 bits per heavy atom. The summed E-state index contributed by atoms with van der Waals surface area (Å²) in [5.74, 6) is -0.805. The van der Waals surface area contributed by atoms with Crippen molar-refractivity contribution in [1.82, 2.24) is 0 Å². The molecule has 0 amide bonds. The molecule has 0 fully saturated rings. The molecule has 0 saturated carbocycles. The smallest absolute Gasteiger partial charge is 0.338 e. The van der Waals surface area contributed by atoms with Crippen LogP contribution in [0.2, 0.25) is 0 Å². The van der Waals surface area contributed by atoms with Crippen molar-refractivity contribution in [3.05, 3.63) is 66.2 Å². The molecule has 3 aromatic carbocycles. The summed E-state index contributed by atoms with van der Waals surface area (Å²) < 4.78 is 28.7. The van der Waals surface area contributed by atoms with Gasteiger partial charge in [0.25, 0.3) is 10.0 Å². The third-order valence-electron chi connectivity index (χ3n) is 4.90. The second kappa shape index (κ2) is 8.53. The van der Waals surface area contributed by atoms with Crippen LogP contribution in [0.3, 0.4) is 0 Å².